The number of nitrogens with one attached hydrogen (secondary N) is 1. The highest BCUT2D eigenvalue weighted by Crippen LogP contribution is 2.20. The van der Waals surface area contributed by atoms with Crippen LogP contribution >= 0.6 is 10.7 Å². The lowest BCUT2D eigenvalue weighted by Crippen LogP contribution is -2.20. The molecule has 0 aromatic carbocycles. The number of hydrogen-bond acceptors (Lipinski definition) is 4. The fourth-order valence-electron chi connectivity index (χ4n) is 1.51. The van der Waals surface area contributed by atoms with Crippen molar-refractivity contribution in [2.75, 3.05) is 7.05 Å². The topological polar surface area (TPSA) is 81.1 Å². The molecule has 102 valence electrons. The van der Waals surface area contributed by atoms with Gasteiger partial charge in [0.1, 0.15) is 5.82 Å². The molecule has 0 radical (unpaired) electrons. The molecule has 0 aliphatic carbocycles. The molecule has 1 N–H and O–H groups in total. The van der Waals surface area contributed by atoms with Gasteiger partial charge in [0.2, 0.25) is 5.91 Å². The predicted molar refractivity (Wildman–Crippen MR) is 68.0 cm³/mol. The number of carbonyl (C=O) groups excluding carboxylic acids is 1. The number of carbonyl (C=O) groups is 1. The van der Waals surface area contributed by atoms with E-state index in [0.717, 1.165) is 0 Å². The lowest BCUT2D eigenvalue weighted by molar-refractivity contribution is -0.120. The van der Waals surface area contributed by atoms with E-state index in [2.05, 4.69) is 10.3 Å². The maximum atomic E-state index is 11.2. The largest absolute Gasteiger partial charge is 0.359 e. The summed E-state index contributed by atoms with van der Waals surface area (Å²) in [5, 5.41) is 2.33. The molecule has 6 nitrogen and oxygen atoms in total. The van der Waals surface area contributed by atoms with Crippen LogP contribution < -0.4 is 5.32 Å². The van der Waals surface area contributed by atoms with Crippen LogP contribution in [0.2, 0.25) is 0 Å². The van der Waals surface area contributed by atoms with Gasteiger partial charge in [0.05, 0.1) is 0 Å². The van der Waals surface area contributed by atoms with Gasteiger partial charge in [0.15, 0.2) is 5.03 Å². The lowest BCUT2D eigenvalue weighted by atomic mass is 10.2. The van der Waals surface area contributed by atoms with Crippen LogP contribution in [0.5, 0.6) is 0 Å². The average molecular weight is 294 g/mol. The zero-order valence-corrected chi connectivity index (χ0v) is 12.0. The van der Waals surface area contributed by atoms with Gasteiger partial charge in [-0.3, -0.25) is 4.79 Å². The Bertz CT molecular complexity index is 537. The van der Waals surface area contributed by atoms with Gasteiger partial charge >= 0.3 is 0 Å². The van der Waals surface area contributed by atoms with Crippen molar-refractivity contribution in [1.29, 1.82) is 0 Å². The van der Waals surface area contributed by atoms with E-state index in [-0.39, 0.29) is 23.3 Å². The first-order chi connectivity index (χ1) is 8.25. The van der Waals surface area contributed by atoms with Crippen molar-refractivity contribution in [3.05, 3.63) is 12.0 Å². The summed E-state index contributed by atoms with van der Waals surface area (Å²) in [7, 11) is 2.96. The molecule has 0 unspecified atom stereocenters. The Morgan fingerprint density at radius 1 is 1.56 bits per heavy atom. The predicted octanol–water partition coefficient (Wildman–Crippen LogP) is 1.07. The summed E-state index contributed by atoms with van der Waals surface area (Å²) in [6, 6.07) is 0. The summed E-state index contributed by atoms with van der Waals surface area (Å²) in [5.41, 5.74) is 0. The molecular formula is C10H16ClN3O3S. The van der Waals surface area contributed by atoms with Crippen molar-refractivity contribution >= 4 is 25.6 Å². The van der Waals surface area contributed by atoms with Crippen molar-refractivity contribution < 1.29 is 13.2 Å². The fraction of sp³-hybridized carbons (Fsp3) is 0.600. The second-order valence-corrected chi connectivity index (χ2v) is 6.66. The number of nitrogens with zero attached hydrogens (tertiary/aromatic N) is 2. The zero-order chi connectivity index (χ0) is 13.9. The third kappa shape index (κ3) is 3.71. The molecule has 1 aromatic heterocycles. The van der Waals surface area contributed by atoms with Crippen LogP contribution in [0.3, 0.4) is 0 Å². The van der Waals surface area contributed by atoms with E-state index in [1.54, 1.807) is 11.6 Å². The highest BCUT2D eigenvalue weighted by atomic mass is 35.7. The standard InChI is InChI=1S/C10H16ClN3O3S/c1-7(2)10-13-9(18(11,16)17)6-14(10)5-4-8(15)12-3/h6-7H,4-5H2,1-3H3,(H,12,15). The molecule has 0 spiro atoms. The van der Waals surface area contributed by atoms with Crippen molar-refractivity contribution in [3.8, 4) is 0 Å². The number of aromatic nitrogens is 2. The third-order valence-corrected chi connectivity index (χ3v) is 3.58. The quantitative estimate of drug-likeness (QED) is 0.824. The Morgan fingerprint density at radius 3 is 2.61 bits per heavy atom. The number of rotatable bonds is 5. The lowest BCUT2D eigenvalue weighted by Gasteiger charge is -2.09. The summed E-state index contributed by atoms with van der Waals surface area (Å²) < 4.78 is 24.1. The number of hydrogen-bond donors (Lipinski definition) is 1. The summed E-state index contributed by atoms with van der Waals surface area (Å²) >= 11 is 0. The molecule has 0 aliphatic heterocycles. The van der Waals surface area contributed by atoms with Gasteiger partial charge in [-0.15, -0.1) is 0 Å². The van der Waals surface area contributed by atoms with Gasteiger partial charge in [-0.25, -0.2) is 13.4 Å². The summed E-state index contributed by atoms with van der Waals surface area (Å²) in [6.07, 6.45) is 1.62. The van der Waals surface area contributed by atoms with Crippen LogP contribution in [0.1, 0.15) is 32.0 Å². The van der Waals surface area contributed by atoms with E-state index in [1.165, 1.54) is 6.20 Å². The average Bonchev–Trinajstić information content (AvgIpc) is 2.69. The van der Waals surface area contributed by atoms with Gasteiger partial charge < -0.3 is 9.88 Å². The van der Waals surface area contributed by atoms with E-state index in [1.807, 2.05) is 13.8 Å². The van der Waals surface area contributed by atoms with E-state index in [4.69, 9.17) is 10.7 Å². The molecule has 8 heteroatoms. The number of aryl methyl sites for hydroxylation is 1. The SMILES string of the molecule is CNC(=O)CCn1cc(S(=O)(=O)Cl)nc1C(C)C. The van der Waals surface area contributed by atoms with Gasteiger partial charge in [-0.1, -0.05) is 13.8 Å². The number of imidazole rings is 1. The molecule has 1 heterocycles. The smallest absolute Gasteiger partial charge is 0.280 e. The Labute approximate surface area is 111 Å². The van der Waals surface area contributed by atoms with Crippen LogP contribution in [0.25, 0.3) is 0 Å². The first-order valence-corrected chi connectivity index (χ1v) is 7.79. The number of amides is 1. The second kappa shape index (κ2) is 5.71. The molecule has 18 heavy (non-hydrogen) atoms. The minimum atomic E-state index is -3.84. The van der Waals surface area contributed by atoms with E-state index in [0.29, 0.717) is 12.4 Å². The Kier molecular flexibility index (Phi) is 4.75. The van der Waals surface area contributed by atoms with Crippen LogP contribution in [0.4, 0.5) is 0 Å². The molecule has 0 fully saturated rings. The minimum absolute atomic E-state index is 0.0434. The molecular weight excluding hydrogens is 278 g/mol. The van der Waals surface area contributed by atoms with Crippen LogP contribution in [-0.2, 0) is 20.4 Å². The third-order valence-electron chi connectivity index (χ3n) is 2.41. The molecule has 0 saturated heterocycles. The molecule has 0 bridgehead atoms. The summed E-state index contributed by atoms with van der Waals surface area (Å²) in [4.78, 5) is 15.2. The maximum Gasteiger partial charge on any atom is 0.280 e. The number of halogens is 1. The van der Waals surface area contributed by atoms with Gasteiger partial charge in [-0.05, 0) is 0 Å². The molecule has 0 saturated carbocycles. The molecule has 1 amide bonds. The highest BCUT2D eigenvalue weighted by molar-refractivity contribution is 8.13. The Morgan fingerprint density at radius 2 is 2.17 bits per heavy atom. The van der Waals surface area contributed by atoms with E-state index >= 15 is 0 Å². The van der Waals surface area contributed by atoms with Crippen LogP contribution in [0.15, 0.2) is 11.2 Å². The zero-order valence-electron chi connectivity index (χ0n) is 10.5. The van der Waals surface area contributed by atoms with Crippen molar-refractivity contribution in [3.63, 3.8) is 0 Å². The molecule has 0 aliphatic rings. The first kappa shape index (κ1) is 15.0. The molecule has 1 rings (SSSR count). The molecule has 0 atom stereocenters. The second-order valence-electron chi connectivity index (χ2n) is 4.15. The first-order valence-electron chi connectivity index (χ1n) is 5.48. The summed E-state index contributed by atoms with van der Waals surface area (Å²) in [5.74, 6) is 0.522. The maximum absolute atomic E-state index is 11.2. The highest BCUT2D eigenvalue weighted by Gasteiger charge is 2.19. The fourth-order valence-corrected chi connectivity index (χ4v) is 2.19. The Hall–Kier alpha value is -1.08. The van der Waals surface area contributed by atoms with Gasteiger partial charge in [0.25, 0.3) is 9.05 Å². The normalized spacial score (nSPS) is 11.8. The van der Waals surface area contributed by atoms with Crippen molar-refractivity contribution in [1.82, 2.24) is 14.9 Å². The van der Waals surface area contributed by atoms with Crippen LogP contribution in [-0.4, -0.2) is 30.9 Å². The summed E-state index contributed by atoms with van der Waals surface area (Å²) in [6.45, 7) is 4.15. The van der Waals surface area contributed by atoms with Crippen LogP contribution in [0, 0.1) is 0 Å². The van der Waals surface area contributed by atoms with Gasteiger partial charge in [-0.2, -0.15) is 0 Å². The molecule has 1 aromatic rings. The van der Waals surface area contributed by atoms with Crippen molar-refractivity contribution in [2.45, 2.75) is 37.8 Å². The Balaban J connectivity index is 3.02. The van der Waals surface area contributed by atoms with Crippen molar-refractivity contribution in [2.24, 2.45) is 0 Å². The monoisotopic (exact) mass is 293 g/mol. The van der Waals surface area contributed by atoms with E-state index < -0.39 is 9.05 Å². The van der Waals surface area contributed by atoms with Gasteiger partial charge in [0, 0.05) is 42.8 Å². The minimum Gasteiger partial charge on any atom is -0.359 e. The van der Waals surface area contributed by atoms with E-state index in [9.17, 15) is 13.2 Å².